The van der Waals surface area contributed by atoms with Crippen LogP contribution in [0.4, 0.5) is 5.69 Å². The summed E-state index contributed by atoms with van der Waals surface area (Å²) in [4.78, 5) is 45.4. The van der Waals surface area contributed by atoms with Crippen molar-refractivity contribution in [3.8, 4) is 5.75 Å². The molecule has 0 aliphatic carbocycles. The predicted molar refractivity (Wildman–Crippen MR) is 138 cm³/mol. The Labute approximate surface area is 217 Å². The summed E-state index contributed by atoms with van der Waals surface area (Å²) in [6, 6.07) is 17.0. The lowest BCUT2D eigenvalue weighted by atomic mass is 9.98. The highest BCUT2D eigenvalue weighted by Crippen LogP contribution is 2.42. The molecule has 2 aromatic carbocycles. The zero-order valence-corrected chi connectivity index (χ0v) is 20.9. The minimum atomic E-state index is -1.08. The summed E-state index contributed by atoms with van der Waals surface area (Å²) in [5.41, 5.74) is 1.02. The van der Waals surface area contributed by atoms with Crippen molar-refractivity contribution in [1.82, 2.24) is 4.98 Å². The van der Waals surface area contributed by atoms with E-state index in [-0.39, 0.29) is 28.7 Å². The summed E-state index contributed by atoms with van der Waals surface area (Å²) in [6.07, 6.45) is 1.19. The summed E-state index contributed by atoms with van der Waals surface area (Å²) in [7, 11) is 1.49. The standard InChI is InChI=1S/C29H24N2O7/c1-16(2)37-29(35)18-9-6-10-19(14-18)31-24(20-11-4-5-13-30-20)23(26(33)28(31)34)25(32)22-15-17-8-7-12-21(36-3)27(17)38-22/h4-16,24,33H,1-3H3. The Kier molecular flexibility index (Phi) is 6.42. The first-order chi connectivity index (χ1) is 18.3. The Balaban J connectivity index is 1.61. The number of amides is 1. The number of rotatable bonds is 7. The number of ether oxygens (including phenoxy) is 2. The van der Waals surface area contributed by atoms with E-state index < -0.39 is 29.5 Å². The molecule has 9 heteroatoms. The van der Waals surface area contributed by atoms with Gasteiger partial charge in [-0.15, -0.1) is 0 Å². The van der Waals surface area contributed by atoms with Crippen LogP contribution in [-0.4, -0.2) is 41.0 Å². The van der Waals surface area contributed by atoms with E-state index in [1.165, 1.54) is 30.3 Å². The van der Waals surface area contributed by atoms with Gasteiger partial charge in [-0.3, -0.25) is 19.5 Å². The topological polar surface area (TPSA) is 119 Å². The zero-order chi connectivity index (χ0) is 27.0. The number of carbonyl (C=O) groups is 3. The fourth-order valence-corrected chi connectivity index (χ4v) is 4.43. The number of fused-ring (bicyclic) bond motifs is 1. The Hall–Kier alpha value is -4.92. The number of aliphatic hydroxyl groups is 1. The molecule has 3 heterocycles. The van der Waals surface area contributed by atoms with Crippen molar-refractivity contribution < 1.29 is 33.4 Å². The summed E-state index contributed by atoms with van der Waals surface area (Å²) in [6.45, 7) is 3.46. The number of carbonyl (C=O) groups excluding carboxylic acids is 3. The quantitative estimate of drug-likeness (QED) is 0.266. The molecule has 1 N–H and O–H groups in total. The van der Waals surface area contributed by atoms with Gasteiger partial charge in [0.15, 0.2) is 22.9 Å². The number of ketones is 1. The molecule has 1 aliphatic rings. The normalized spacial score (nSPS) is 15.4. The van der Waals surface area contributed by atoms with Gasteiger partial charge in [-0.25, -0.2) is 4.79 Å². The molecule has 0 saturated heterocycles. The highest BCUT2D eigenvalue weighted by atomic mass is 16.5. The number of aliphatic hydroxyl groups excluding tert-OH is 1. The molecule has 0 saturated carbocycles. The molecule has 192 valence electrons. The monoisotopic (exact) mass is 512 g/mol. The molecule has 2 aromatic heterocycles. The van der Waals surface area contributed by atoms with E-state index in [1.807, 2.05) is 0 Å². The third-order valence-corrected chi connectivity index (χ3v) is 6.08. The lowest BCUT2D eigenvalue weighted by Gasteiger charge is -2.26. The first-order valence-corrected chi connectivity index (χ1v) is 11.9. The van der Waals surface area contributed by atoms with E-state index in [0.29, 0.717) is 22.4 Å². The number of furan rings is 1. The fourth-order valence-electron chi connectivity index (χ4n) is 4.43. The Bertz CT molecular complexity index is 1590. The second kappa shape index (κ2) is 9.85. The minimum Gasteiger partial charge on any atom is -0.503 e. The van der Waals surface area contributed by atoms with Crippen molar-refractivity contribution >= 4 is 34.3 Å². The number of anilines is 1. The van der Waals surface area contributed by atoms with Crippen molar-refractivity contribution in [3.05, 3.63) is 101 Å². The third-order valence-electron chi connectivity index (χ3n) is 6.08. The number of nitrogens with zero attached hydrogens (tertiary/aromatic N) is 2. The zero-order valence-electron chi connectivity index (χ0n) is 20.9. The molecule has 9 nitrogen and oxygen atoms in total. The molecule has 5 rings (SSSR count). The smallest absolute Gasteiger partial charge is 0.338 e. The highest BCUT2D eigenvalue weighted by molar-refractivity contribution is 6.20. The van der Waals surface area contributed by atoms with Crippen LogP contribution in [0, 0.1) is 0 Å². The Morgan fingerprint density at radius 3 is 2.55 bits per heavy atom. The molecule has 38 heavy (non-hydrogen) atoms. The lowest BCUT2D eigenvalue weighted by molar-refractivity contribution is -0.117. The molecule has 0 bridgehead atoms. The number of Topliss-reactive ketones (excluding diaryl/α,β-unsaturated/α-hetero) is 1. The second-order valence-electron chi connectivity index (χ2n) is 8.92. The summed E-state index contributed by atoms with van der Waals surface area (Å²) in [5.74, 6) is -2.42. The van der Waals surface area contributed by atoms with Crippen LogP contribution < -0.4 is 9.64 Å². The van der Waals surface area contributed by atoms with E-state index in [0.717, 1.165) is 0 Å². The average Bonchev–Trinajstić information content (AvgIpc) is 3.47. The maximum Gasteiger partial charge on any atom is 0.338 e. The molecule has 0 radical (unpaired) electrons. The molecular weight excluding hydrogens is 488 g/mol. The molecule has 1 aliphatic heterocycles. The van der Waals surface area contributed by atoms with Gasteiger partial charge in [-0.2, -0.15) is 0 Å². The van der Waals surface area contributed by atoms with E-state index in [9.17, 15) is 19.5 Å². The van der Waals surface area contributed by atoms with E-state index >= 15 is 0 Å². The van der Waals surface area contributed by atoms with Gasteiger partial charge in [0.1, 0.15) is 6.04 Å². The number of esters is 1. The van der Waals surface area contributed by atoms with Gasteiger partial charge in [-0.1, -0.05) is 24.3 Å². The number of methoxy groups -OCH3 is 1. The van der Waals surface area contributed by atoms with E-state index in [4.69, 9.17) is 13.9 Å². The van der Waals surface area contributed by atoms with Crippen LogP contribution in [0.15, 0.2) is 88.7 Å². The van der Waals surface area contributed by atoms with Crippen LogP contribution >= 0.6 is 0 Å². The largest absolute Gasteiger partial charge is 0.503 e. The maximum absolute atomic E-state index is 13.8. The molecule has 0 spiro atoms. The Morgan fingerprint density at radius 1 is 1.05 bits per heavy atom. The number of aromatic nitrogens is 1. The van der Waals surface area contributed by atoms with E-state index in [2.05, 4.69) is 4.98 Å². The van der Waals surface area contributed by atoms with Gasteiger partial charge in [-0.05, 0) is 56.3 Å². The number of hydrogen-bond acceptors (Lipinski definition) is 8. The highest BCUT2D eigenvalue weighted by Gasteiger charge is 2.46. The van der Waals surface area contributed by atoms with Crippen LogP contribution in [-0.2, 0) is 9.53 Å². The summed E-state index contributed by atoms with van der Waals surface area (Å²) < 4.78 is 16.4. The van der Waals surface area contributed by atoms with Crippen LogP contribution in [0.25, 0.3) is 11.0 Å². The second-order valence-corrected chi connectivity index (χ2v) is 8.92. The van der Waals surface area contributed by atoms with Gasteiger partial charge in [0.25, 0.3) is 5.91 Å². The SMILES string of the molecule is COc1cccc2cc(C(=O)C3=C(O)C(=O)N(c4cccc(C(=O)OC(C)C)c4)C3c3ccccn3)oc12. The van der Waals surface area contributed by atoms with Crippen LogP contribution in [0.1, 0.15) is 46.5 Å². The van der Waals surface area contributed by atoms with Gasteiger partial charge >= 0.3 is 5.97 Å². The molecule has 4 aromatic rings. The first-order valence-electron chi connectivity index (χ1n) is 11.9. The van der Waals surface area contributed by atoms with Gasteiger partial charge in [0, 0.05) is 17.3 Å². The minimum absolute atomic E-state index is 0.0732. The van der Waals surface area contributed by atoms with Crippen LogP contribution in [0.2, 0.25) is 0 Å². The Morgan fingerprint density at radius 2 is 1.84 bits per heavy atom. The van der Waals surface area contributed by atoms with Gasteiger partial charge < -0.3 is 19.0 Å². The van der Waals surface area contributed by atoms with Crippen molar-refractivity contribution in [2.24, 2.45) is 0 Å². The van der Waals surface area contributed by atoms with Gasteiger partial charge in [0.2, 0.25) is 5.78 Å². The predicted octanol–water partition coefficient (Wildman–Crippen LogP) is 5.18. The molecule has 0 fully saturated rings. The van der Waals surface area contributed by atoms with Crippen molar-refractivity contribution in [2.75, 3.05) is 12.0 Å². The van der Waals surface area contributed by atoms with Crippen molar-refractivity contribution in [1.29, 1.82) is 0 Å². The van der Waals surface area contributed by atoms with Crippen molar-refractivity contribution in [3.63, 3.8) is 0 Å². The van der Waals surface area contributed by atoms with Gasteiger partial charge in [0.05, 0.1) is 30.0 Å². The van der Waals surface area contributed by atoms with E-state index in [1.54, 1.807) is 68.4 Å². The van der Waals surface area contributed by atoms with Crippen LogP contribution in [0.5, 0.6) is 5.75 Å². The third kappa shape index (κ3) is 4.28. The summed E-state index contributed by atoms with van der Waals surface area (Å²) in [5, 5.41) is 11.6. The molecule has 1 atom stereocenters. The maximum atomic E-state index is 13.8. The number of para-hydroxylation sites is 1. The molecular formula is C29H24N2O7. The summed E-state index contributed by atoms with van der Waals surface area (Å²) >= 11 is 0. The molecule has 1 unspecified atom stereocenters. The number of pyridine rings is 1. The molecule has 1 amide bonds. The van der Waals surface area contributed by atoms with Crippen LogP contribution in [0.3, 0.4) is 0 Å². The lowest BCUT2D eigenvalue weighted by Crippen LogP contribution is -2.31. The number of hydrogen-bond donors (Lipinski definition) is 1. The van der Waals surface area contributed by atoms with Crippen molar-refractivity contribution in [2.45, 2.75) is 26.0 Å². The first kappa shape index (κ1) is 24.8. The number of benzene rings is 2. The average molecular weight is 513 g/mol. The fraction of sp³-hybridized carbons (Fsp3) is 0.172.